The molecule has 0 radical (unpaired) electrons. The molecule has 0 aliphatic heterocycles. The molecule has 0 heterocycles. The van der Waals surface area contributed by atoms with E-state index in [1.165, 1.54) is 17.5 Å². The number of carboxylic acid groups (broad SMARTS) is 1. The van der Waals surface area contributed by atoms with E-state index in [-0.39, 0.29) is 16.6 Å². The van der Waals surface area contributed by atoms with Crippen molar-refractivity contribution in [1.29, 1.82) is 0 Å². The Labute approximate surface area is 231 Å². The van der Waals surface area contributed by atoms with Gasteiger partial charge in [0.2, 0.25) is 6.41 Å². The van der Waals surface area contributed by atoms with E-state index in [4.69, 9.17) is 14.6 Å². The number of carbonyl (C=O) groups excluding carboxylic acids is 1. The van der Waals surface area contributed by atoms with Gasteiger partial charge in [-0.05, 0) is 95.0 Å². The fourth-order valence-corrected chi connectivity index (χ4v) is 5.38. The summed E-state index contributed by atoms with van der Waals surface area (Å²) in [5.74, 6) is 1.12. The first-order chi connectivity index (χ1) is 18.6. The summed E-state index contributed by atoms with van der Waals surface area (Å²) < 4.78 is 11.1. The summed E-state index contributed by atoms with van der Waals surface area (Å²) in [5, 5.41) is 11.6. The lowest BCUT2D eigenvalue weighted by atomic mass is 9.63. The molecule has 1 amide bonds. The fraction of sp³-hybridized carbons (Fsp3) is 0.394. The highest BCUT2D eigenvalue weighted by Crippen LogP contribution is 2.47. The predicted molar refractivity (Wildman–Crippen MR) is 155 cm³/mol. The molecule has 0 aromatic heterocycles. The summed E-state index contributed by atoms with van der Waals surface area (Å²) in [7, 11) is 0. The van der Waals surface area contributed by atoms with Gasteiger partial charge < -0.3 is 19.9 Å². The van der Waals surface area contributed by atoms with Crippen LogP contribution in [0.2, 0.25) is 0 Å². The van der Waals surface area contributed by atoms with Crippen LogP contribution in [0.15, 0.2) is 60.7 Å². The van der Waals surface area contributed by atoms with Gasteiger partial charge in [-0.2, -0.15) is 0 Å². The second-order valence-corrected chi connectivity index (χ2v) is 11.6. The van der Waals surface area contributed by atoms with Gasteiger partial charge >= 0.3 is 6.16 Å². The van der Waals surface area contributed by atoms with Crippen LogP contribution in [0.4, 0.5) is 4.79 Å². The summed E-state index contributed by atoms with van der Waals surface area (Å²) in [5.41, 5.74) is 7.17. The molecule has 0 atom stereocenters. The monoisotopic (exact) mass is 529 g/mol. The Bertz CT molecular complexity index is 1310. The minimum absolute atomic E-state index is 0.0923. The van der Waals surface area contributed by atoms with E-state index in [2.05, 4.69) is 57.3 Å². The van der Waals surface area contributed by atoms with Crippen LogP contribution in [0.3, 0.4) is 0 Å². The van der Waals surface area contributed by atoms with E-state index >= 15 is 0 Å². The Morgan fingerprint density at radius 1 is 0.846 bits per heavy atom. The van der Waals surface area contributed by atoms with Crippen LogP contribution >= 0.6 is 0 Å². The lowest BCUT2D eigenvalue weighted by Gasteiger charge is -2.42. The molecule has 3 aromatic rings. The van der Waals surface area contributed by atoms with E-state index in [9.17, 15) is 9.59 Å². The van der Waals surface area contributed by atoms with Crippen LogP contribution in [-0.2, 0) is 15.6 Å². The van der Waals surface area contributed by atoms with Crippen molar-refractivity contribution in [2.24, 2.45) is 0 Å². The minimum Gasteiger partial charge on any atom is -0.493 e. The third kappa shape index (κ3) is 6.80. The minimum atomic E-state index is -1.33. The molecule has 4 rings (SSSR count). The summed E-state index contributed by atoms with van der Waals surface area (Å²) in [6.45, 7) is 10.6. The molecular formula is C33H39NO5. The smallest absolute Gasteiger partial charge is 0.493 e. The third-order valence-electron chi connectivity index (χ3n) is 7.84. The van der Waals surface area contributed by atoms with Crippen LogP contribution in [0.5, 0.6) is 11.5 Å². The number of nitrogens with one attached hydrogen (secondary N) is 1. The van der Waals surface area contributed by atoms with Crippen molar-refractivity contribution in [3.8, 4) is 33.8 Å². The molecule has 0 saturated heterocycles. The SMILES string of the molecule is CC1(C)CCC(C)(C)c2cc(-c3cc(-c4ccc(OC(=O)O)cc4)ccc3OCCCCCNC=O)ccc21. The average Bonchev–Trinajstić information content (AvgIpc) is 2.91. The van der Waals surface area contributed by atoms with Gasteiger partial charge in [0.25, 0.3) is 0 Å². The van der Waals surface area contributed by atoms with Crippen LogP contribution in [0.1, 0.15) is 70.9 Å². The third-order valence-corrected chi connectivity index (χ3v) is 7.84. The van der Waals surface area contributed by atoms with Crippen LogP contribution in [-0.4, -0.2) is 30.8 Å². The van der Waals surface area contributed by atoms with Crippen molar-refractivity contribution in [3.63, 3.8) is 0 Å². The molecule has 39 heavy (non-hydrogen) atoms. The zero-order valence-electron chi connectivity index (χ0n) is 23.4. The van der Waals surface area contributed by atoms with Crippen molar-refractivity contribution in [2.75, 3.05) is 13.2 Å². The second-order valence-electron chi connectivity index (χ2n) is 11.6. The van der Waals surface area contributed by atoms with Crippen molar-refractivity contribution in [1.82, 2.24) is 5.32 Å². The van der Waals surface area contributed by atoms with E-state index in [1.54, 1.807) is 12.1 Å². The molecule has 3 aromatic carbocycles. The Balaban J connectivity index is 1.67. The zero-order chi connectivity index (χ0) is 28.0. The highest BCUT2D eigenvalue weighted by atomic mass is 16.7. The van der Waals surface area contributed by atoms with Crippen molar-refractivity contribution in [2.45, 2.75) is 70.6 Å². The Hall–Kier alpha value is -3.80. The van der Waals surface area contributed by atoms with Crippen molar-refractivity contribution < 1.29 is 24.2 Å². The molecule has 6 heteroatoms. The molecule has 0 unspecified atom stereocenters. The lowest BCUT2D eigenvalue weighted by Crippen LogP contribution is -2.33. The molecule has 0 fully saturated rings. The van der Waals surface area contributed by atoms with Gasteiger partial charge in [0.05, 0.1) is 6.61 Å². The topological polar surface area (TPSA) is 84.9 Å². The van der Waals surface area contributed by atoms with E-state index in [0.717, 1.165) is 60.1 Å². The highest BCUT2D eigenvalue weighted by molar-refractivity contribution is 5.79. The number of amides is 1. The van der Waals surface area contributed by atoms with E-state index < -0.39 is 6.16 Å². The summed E-state index contributed by atoms with van der Waals surface area (Å²) in [4.78, 5) is 21.3. The molecule has 1 aliphatic carbocycles. The first kappa shape index (κ1) is 28.2. The first-order valence-electron chi connectivity index (χ1n) is 13.7. The van der Waals surface area contributed by atoms with Gasteiger partial charge in [0.1, 0.15) is 11.5 Å². The van der Waals surface area contributed by atoms with Gasteiger partial charge in [-0.3, -0.25) is 4.79 Å². The van der Waals surface area contributed by atoms with Crippen molar-refractivity contribution in [3.05, 3.63) is 71.8 Å². The molecule has 0 spiro atoms. The molecule has 2 N–H and O–H groups in total. The van der Waals surface area contributed by atoms with E-state index in [1.807, 2.05) is 24.3 Å². The quantitative estimate of drug-likeness (QED) is 0.115. The Kier molecular flexibility index (Phi) is 8.63. The Morgan fingerprint density at radius 2 is 1.51 bits per heavy atom. The first-order valence-corrected chi connectivity index (χ1v) is 13.7. The number of hydrogen-bond donors (Lipinski definition) is 2. The maximum atomic E-state index is 10.9. The molecule has 206 valence electrons. The highest BCUT2D eigenvalue weighted by Gasteiger charge is 2.37. The maximum Gasteiger partial charge on any atom is 0.511 e. The van der Waals surface area contributed by atoms with Gasteiger partial charge in [0.15, 0.2) is 0 Å². The number of ether oxygens (including phenoxy) is 2. The molecular weight excluding hydrogens is 490 g/mol. The largest absolute Gasteiger partial charge is 0.511 e. The number of carbonyl (C=O) groups is 2. The van der Waals surface area contributed by atoms with Gasteiger partial charge in [-0.15, -0.1) is 0 Å². The number of rotatable bonds is 11. The Morgan fingerprint density at radius 3 is 2.21 bits per heavy atom. The number of benzene rings is 3. The van der Waals surface area contributed by atoms with Crippen LogP contribution in [0, 0.1) is 0 Å². The normalized spacial score (nSPS) is 15.2. The summed E-state index contributed by atoms with van der Waals surface area (Å²) in [6, 6.07) is 20.1. The number of hydrogen-bond acceptors (Lipinski definition) is 4. The molecule has 6 nitrogen and oxygen atoms in total. The summed E-state index contributed by atoms with van der Waals surface area (Å²) in [6.07, 6.45) is 4.51. The number of unbranched alkanes of at least 4 members (excludes halogenated alkanes) is 2. The average molecular weight is 530 g/mol. The molecule has 0 saturated carbocycles. The predicted octanol–water partition coefficient (Wildman–Crippen LogP) is 7.72. The molecule has 1 aliphatic rings. The van der Waals surface area contributed by atoms with Crippen molar-refractivity contribution >= 4 is 12.6 Å². The molecule has 0 bridgehead atoms. The van der Waals surface area contributed by atoms with Crippen LogP contribution < -0.4 is 14.8 Å². The van der Waals surface area contributed by atoms with Gasteiger partial charge in [-0.1, -0.05) is 64.1 Å². The second kappa shape index (κ2) is 11.9. The van der Waals surface area contributed by atoms with Gasteiger partial charge in [0, 0.05) is 12.1 Å². The lowest BCUT2D eigenvalue weighted by molar-refractivity contribution is -0.109. The number of fused-ring (bicyclic) bond motifs is 1. The summed E-state index contributed by atoms with van der Waals surface area (Å²) >= 11 is 0. The van der Waals surface area contributed by atoms with E-state index in [0.29, 0.717) is 13.2 Å². The fourth-order valence-electron chi connectivity index (χ4n) is 5.38. The van der Waals surface area contributed by atoms with Crippen LogP contribution in [0.25, 0.3) is 22.3 Å². The van der Waals surface area contributed by atoms with Gasteiger partial charge in [-0.25, -0.2) is 4.79 Å². The zero-order valence-corrected chi connectivity index (χ0v) is 23.4. The standard InChI is InChI=1S/C33H39NO5/c1-32(2)16-17-33(3,4)29-21-25(10-14-28(29)32)27-20-24(23-8-12-26(13-9-23)39-31(36)37)11-15-30(27)38-19-7-5-6-18-34-22-35/h8-15,20-22H,5-7,16-19H2,1-4H3,(H,34,35)(H,36,37). The maximum absolute atomic E-state index is 10.9.